The summed E-state index contributed by atoms with van der Waals surface area (Å²) in [5.74, 6) is 1.45. The van der Waals surface area contributed by atoms with Crippen molar-refractivity contribution in [3.05, 3.63) is 54.6 Å². The van der Waals surface area contributed by atoms with E-state index in [4.69, 9.17) is 4.74 Å². The van der Waals surface area contributed by atoms with Crippen LogP contribution in [-0.4, -0.2) is 55.0 Å². The zero-order valence-corrected chi connectivity index (χ0v) is 19.9. The molecule has 9 nitrogen and oxygen atoms in total. The molecular weight excluding hydrogens is 462 g/mol. The zero-order chi connectivity index (χ0) is 23.5. The van der Waals surface area contributed by atoms with Gasteiger partial charge in [0.1, 0.15) is 5.75 Å². The van der Waals surface area contributed by atoms with Crippen LogP contribution in [0.4, 0.5) is 0 Å². The van der Waals surface area contributed by atoms with Crippen molar-refractivity contribution >= 4 is 27.7 Å². The summed E-state index contributed by atoms with van der Waals surface area (Å²) in [6, 6.07) is 15.7. The van der Waals surface area contributed by atoms with Crippen molar-refractivity contribution in [1.82, 2.24) is 25.2 Å². The Morgan fingerprint density at radius 1 is 1.09 bits per heavy atom. The normalized spacial score (nSPS) is 11.3. The molecule has 0 saturated heterocycles. The second-order valence-electron chi connectivity index (χ2n) is 7.04. The molecule has 0 unspecified atom stereocenters. The lowest BCUT2D eigenvalue weighted by Gasteiger charge is -2.09. The minimum Gasteiger partial charge on any atom is -0.484 e. The second kappa shape index (κ2) is 12.4. The molecule has 2 aromatic carbocycles. The quantitative estimate of drug-likeness (QED) is 0.249. The highest BCUT2D eigenvalue weighted by Crippen LogP contribution is 2.18. The SMILES string of the molecule is CCCCNS(=O)(=O)c1ccc(OCC(=O)NCCSc2n[nH]c(-c3ccccc3)n2)cc1. The van der Waals surface area contributed by atoms with Crippen LogP contribution in [-0.2, 0) is 14.8 Å². The lowest BCUT2D eigenvalue weighted by Crippen LogP contribution is -2.30. The van der Waals surface area contributed by atoms with Crippen molar-refractivity contribution in [3.63, 3.8) is 0 Å². The Morgan fingerprint density at radius 3 is 2.58 bits per heavy atom. The maximum absolute atomic E-state index is 12.2. The molecule has 1 aromatic heterocycles. The fourth-order valence-electron chi connectivity index (χ4n) is 2.75. The Labute approximate surface area is 197 Å². The summed E-state index contributed by atoms with van der Waals surface area (Å²) in [4.78, 5) is 16.6. The number of unbranched alkanes of at least 4 members (excludes halogenated alkanes) is 1. The Bertz CT molecular complexity index is 1120. The molecule has 0 radical (unpaired) electrons. The number of sulfonamides is 1. The minimum absolute atomic E-state index is 0.162. The maximum atomic E-state index is 12.2. The van der Waals surface area contributed by atoms with Gasteiger partial charge >= 0.3 is 0 Å². The van der Waals surface area contributed by atoms with E-state index in [2.05, 4.69) is 25.2 Å². The molecule has 3 rings (SSSR count). The number of carbonyl (C=O) groups is 1. The number of benzene rings is 2. The third-order valence-corrected chi connectivity index (χ3v) is 6.82. The lowest BCUT2D eigenvalue weighted by molar-refractivity contribution is -0.122. The van der Waals surface area contributed by atoms with Gasteiger partial charge < -0.3 is 10.1 Å². The molecule has 0 atom stereocenters. The Hall–Kier alpha value is -2.89. The van der Waals surface area contributed by atoms with Gasteiger partial charge in [-0.25, -0.2) is 18.1 Å². The first-order valence-electron chi connectivity index (χ1n) is 10.6. The summed E-state index contributed by atoms with van der Waals surface area (Å²) in [6.07, 6.45) is 1.69. The van der Waals surface area contributed by atoms with Crippen LogP contribution in [0, 0.1) is 0 Å². The van der Waals surface area contributed by atoms with Gasteiger partial charge in [-0.1, -0.05) is 55.4 Å². The minimum atomic E-state index is -3.53. The summed E-state index contributed by atoms with van der Waals surface area (Å²) < 4.78 is 32.3. The third kappa shape index (κ3) is 7.88. The molecule has 1 amide bonds. The number of H-pyrrole nitrogens is 1. The first-order chi connectivity index (χ1) is 16.0. The van der Waals surface area contributed by atoms with Crippen molar-refractivity contribution < 1.29 is 17.9 Å². The fraction of sp³-hybridized carbons (Fsp3) is 0.318. The van der Waals surface area contributed by atoms with Crippen molar-refractivity contribution in [2.24, 2.45) is 0 Å². The molecule has 11 heteroatoms. The summed E-state index contributed by atoms with van der Waals surface area (Å²) >= 11 is 1.43. The standard InChI is InChI=1S/C22H27N5O4S2/c1-2-3-13-24-33(29,30)19-11-9-18(10-12-19)31-16-20(28)23-14-15-32-22-25-21(26-27-22)17-7-5-4-6-8-17/h4-12,24H,2-3,13-16H2,1H3,(H,23,28)(H,25,26,27). The molecule has 176 valence electrons. The number of aromatic nitrogens is 3. The first-order valence-corrected chi connectivity index (χ1v) is 13.0. The molecule has 0 fully saturated rings. The second-order valence-corrected chi connectivity index (χ2v) is 9.87. The maximum Gasteiger partial charge on any atom is 0.257 e. The van der Waals surface area contributed by atoms with Crippen molar-refractivity contribution in [2.45, 2.75) is 29.8 Å². The van der Waals surface area contributed by atoms with Gasteiger partial charge in [-0.15, -0.1) is 5.10 Å². The molecule has 0 bridgehead atoms. The van der Waals surface area contributed by atoms with Gasteiger partial charge in [0, 0.05) is 24.4 Å². The van der Waals surface area contributed by atoms with E-state index >= 15 is 0 Å². The van der Waals surface area contributed by atoms with Crippen molar-refractivity contribution in [1.29, 1.82) is 0 Å². The van der Waals surface area contributed by atoms with E-state index in [1.807, 2.05) is 37.3 Å². The zero-order valence-electron chi connectivity index (χ0n) is 18.3. The van der Waals surface area contributed by atoms with Gasteiger partial charge in [0.05, 0.1) is 4.90 Å². The number of thioether (sulfide) groups is 1. The van der Waals surface area contributed by atoms with Crippen LogP contribution in [0.3, 0.4) is 0 Å². The van der Waals surface area contributed by atoms with Gasteiger partial charge in [0.25, 0.3) is 5.91 Å². The molecule has 0 aliphatic carbocycles. The third-order valence-electron chi connectivity index (χ3n) is 4.49. The van der Waals surface area contributed by atoms with E-state index in [1.54, 1.807) is 0 Å². The van der Waals surface area contributed by atoms with Gasteiger partial charge in [0.15, 0.2) is 12.4 Å². The smallest absolute Gasteiger partial charge is 0.257 e. The Kier molecular flexibility index (Phi) is 9.28. The van der Waals surface area contributed by atoms with E-state index in [9.17, 15) is 13.2 Å². The highest BCUT2D eigenvalue weighted by Gasteiger charge is 2.13. The van der Waals surface area contributed by atoms with Gasteiger partial charge in [0.2, 0.25) is 15.2 Å². The molecule has 0 saturated carbocycles. The monoisotopic (exact) mass is 489 g/mol. The number of nitrogens with zero attached hydrogens (tertiary/aromatic N) is 2. The van der Waals surface area contributed by atoms with Crippen LogP contribution in [0.5, 0.6) is 5.75 Å². The van der Waals surface area contributed by atoms with Crippen LogP contribution < -0.4 is 14.8 Å². The molecule has 3 aromatic rings. The van der Waals surface area contributed by atoms with Gasteiger partial charge in [-0.05, 0) is 30.7 Å². The van der Waals surface area contributed by atoms with Crippen LogP contribution in [0.25, 0.3) is 11.4 Å². The van der Waals surface area contributed by atoms with E-state index in [1.165, 1.54) is 36.0 Å². The van der Waals surface area contributed by atoms with E-state index < -0.39 is 10.0 Å². The topological polar surface area (TPSA) is 126 Å². The van der Waals surface area contributed by atoms with E-state index in [0.29, 0.717) is 35.6 Å². The predicted octanol–water partition coefficient (Wildman–Crippen LogP) is 2.84. The highest BCUT2D eigenvalue weighted by molar-refractivity contribution is 7.99. The molecule has 33 heavy (non-hydrogen) atoms. The number of aromatic amines is 1. The number of carbonyl (C=O) groups excluding carboxylic acids is 1. The summed E-state index contributed by atoms with van der Waals surface area (Å²) in [6.45, 7) is 2.67. The van der Waals surface area contributed by atoms with Gasteiger partial charge in [-0.2, -0.15) is 0 Å². The summed E-state index contributed by atoms with van der Waals surface area (Å²) in [5.41, 5.74) is 0.959. The number of hydrogen-bond acceptors (Lipinski definition) is 7. The van der Waals surface area contributed by atoms with Crippen molar-refractivity contribution in [3.8, 4) is 17.1 Å². The average molecular weight is 490 g/mol. The average Bonchev–Trinajstić information content (AvgIpc) is 3.30. The van der Waals surface area contributed by atoms with Crippen LogP contribution in [0.2, 0.25) is 0 Å². The van der Waals surface area contributed by atoms with Gasteiger partial charge in [-0.3, -0.25) is 9.89 Å². The van der Waals surface area contributed by atoms with E-state index in [-0.39, 0.29) is 17.4 Å². The largest absolute Gasteiger partial charge is 0.484 e. The number of hydrogen-bond donors (Lipinski definition) is 3. The Balaban J connectivity index is 1.36. The first kappa shape index (κ1) is 24.7. The predicted molar refractivity (Wildman–Crippen MR) is 128 cm³/mol. The number of amides is 1. The molecular formula is C22H27N5O4S2. The van der Waals surface area contributed by atoms with Crippen molar-refractivity contribution in [2.75, 3.05) is 25.4 Å². The number of nitrogens with one attached hydrogen (secondary N) is 3. The Morgan fingerprint density at radius 2 is 1.85 bits per heavy atom. The highest BCUT2D eigenvalue weighted by atomic mass is 32.2. The molecule has 3 N–H and O–H groups in total. The summed E-state index contributed by atoms with van der Waals surface area (Å²) in [5, 5.41) is 10.5. The van der Waals surface area contributed by atoms with E-state index in [0.717, 1.165) is 18.4 Å². The van der Waals surface area contributed by atoms with Crippen LogP contribution in [0.15, 0.2) is 64.6 Å². The number of ether oxygens (including phenoxy) is 1. The fourth-order valence-corrected chi connectivity index (χ4v) is 4.48. The molecule has 0 aliphatic heterocycles. The molecule has 1 heterocycles. The summed E-state index contributed by atoms with van der Waals surface area (Å²) in [7, 11) is -3.53. The van der Waals surface area contributed by atoms with Crippen LogP contribution >= 0.6 is 11.8 Å². The lowest BCUT2D eigenvalue weighted by atomic mass is 10.2. The molecule has 0 spiro atoms. The number of rotatable bonds is 13. The molecule has 0 aliphatic rings. The van der Waals surface area contributed by atoms with Crippen LogP contribution in [0.1, 0.15) is 19.8 Å².